The average Bonchev–Trinajstić information content (AvgIpc) is 2.70. The second-order valence-corrected chi connectivity index (χ2v) is 4.90. The van der Waals surface area contributed by atoms with Crippen LogP contribution in [0.4, 0.5) is 0 Å². The highest BCUT2D eigenvalue weighted by Crippen LogP contribution is 2.14. The van der Waals surface area contributed by atoms with Gasteiger partial charge in [-0.3, -0.25) is 4.79 Å². The van der Waals surface area contributed by atoms with Gasteiger partial charge < -0.3 is 19.6 Å². The van der Waals surface area contributed by atoms with E-state index in [2.05, 4.69) is 21.2 Å². The first kappa shape index (κ1) is 14.9. The van der Waals surface area contributed by atoms with E-state index in [0.29, 0.717) is 10.4 Å². The fourth-order valence-corrected chi connectivity index (χ4v) is 1.59. The van der Waals surface area contributed by atoms with Crippen LogP contribution < -0.4 is 5.32 Å². The highest BCUT2D eigenvalue weighted by atomic mass is 79.9. The van der Waals surface area contributed by atoms with Gasteiger partial charge in [0.1, 0.15) is 11.4 Å². The largest absolute Gasteiger partial charge is 0.450 e. The number of hydrogen-bond donors (Lipinski definition) is 2. The first-order chi connectivity index (χ1) is 8.43. The van der Waals surface area contributed by atoms with Gasteiger partial charge in [-0.2, -0.15) is 0 Å². The van der Waals surface area contributed by atoms with Crippen molar-refractivity contribution in [1.82, 2.24) is 5.32 Å². The summed E-state index contributed by atoms with van der Waals surface area (Å²) in [5.41, 5.74) is -1.08. The van der Waals surface area contributed by atoms with Crippen LogP contribution in [-0.4, -0.2) is 36.9 Å². The summed E-state index contributed by atoms with van der Waals surface area (Å²) in [6.07, 6.45) is 2.89. The molecule has 2 N–H and O–H groups in total. The SMILES string of the molecule is COC[C@](C)(O)CNC(=O)/C=C\c1ccc(Br)o1. The van der Waals surface area contributed by atoms with E-state index in [1.807, 2.05) is 0 Å². The van der Waals surface area contributed by atoms with Crippen molar-refractivity contribution in [2.45, 2.75) is 12.5 Å². The maximum Gasteiger partial charge on any atom is 0.244 e. The number of halogens is 1. The zero-order chi connectivity index (χ0) is 13.6. The number of nitrogens with one attached hydrogen (secondary N) is 1. The standard InChI is InChI=1S/C12H16BrNO4/c1-12(16,8-17-2)7-14-11(15)6-4-9-3-5-10(13)18-9/h3-6,16H,7-8H2,1-2H3,(H,14,15)/b6-4-/t12-/m1/s1. The van der Waals surface area contributed by atoms with Crippen molar-refractivity contribution in [2.75, 3.05) is 20.3 Å². The molecule has 100 valence electrons. The Balaban J connectivity index is 2.40. The number of carbonyl (C=O) groups excluding carboxylic acids is 1. The van der Waals surface area contributed by atoms with Gasteiger partial charge in [-0.05, 0) is 41.1 Å². The quantitative estimate of drug-likeness (QED) is 0.781. The summed E-state index contributed by atoms with van der Waals surface area (Å²) in [5.74, 6) is 0.263. The van der Waals surface area contributed by atoms with Crippen LogP contribution in [0.5, 0.6) is 0 Å². The normalized spacial score (nSPS) is 14.7. The van der Waals surface area contributed by atoms with Gasteiger partial charge >= 0.3 is 0 Å². The van der Waals surface area contributed by atoms with Crippen molar-refractivity contribution in [1.29, 1.82) is 0 Å². The molecule has 0 saturated carbocycles. The lowest BCUT2D eigenvalue weighted by atomic mass is 10.1. The molecule has 0 spiro atoms. The zero-order valence-corrected chi connectivity index (χ0v) is 11.9. The molecule has 1 rings (SSSR count). The monoisotopic (exact) mass is 317 g/mol. The maximum absolute atomic E-state index is 11.5. The maximum atomic E-state index is 11.5. The van der Waals surface area contributed by atoms with E-state index in [1.165, 1.54) is 13.2 Å². The fraction of sp³-hybridized carbons (Fsp3) is 0.417. The number of hydrogen-bond acceptors (Lipinski definition) is 4. The average molecular weight is 318 g/mol. The van der Waals surface area contributed by atoms with Crippen molar-refractivity contribution >= 4 is 27.9 Å². The molecule has 1 amide bonds. The Morgan fingerprint density at radius 2 is 2.39 bits per heavy atom. The summed E-state index contributed by atoms with van der Waals surface area (Å²) in [4.78, 5) is 11.5. The van der Waals surface area contributed by atoms with Crippen LogP contribution in [-0.2, 0) is 9.53 Å². The molecule has 18 heavy (non-hydrogen) atoms. The van der Waals surface area contributed by atoms with Crippen LogP contribution in [0.2, 0.25) is 0 Å². The third kappa shape index (κ3) is 5.48. The number of carbonyl (C=O) groups is 1. The molecule has 0 fully saturated rings. The van der Waals surface area contributed by atoms with E-state index in [0.717, 1.165) is 0 Å². The van der Waals surface area contributed by atoms with Crippen LogP contribution in [0, 0.1) is 0 Å². The van der Waals surface area contributed by atoms with Crippen molar-refractivity contribution in [2.24, 2.45) is 0 Å². The molecular weight excluding hydrogens is 302 g/mol. The van der Waals surface area contributed by atoms with Gasteiger partial charge in [0.15, 0.2) is 4.67 Å². The van der Waals surface area contributed by atoms with Gasteiger partial charge in [0.05, 0.1) is 6.61 Å². The Morgan fingerprint density at radius 1 is 1.67 bits per heavy atom. The van der Waals surface area contributed by atoms with E-state index in [9.17, 15) is 9.90 Å². The lowest BCUT2D eigenvalue weighted by Crippen LogP contribution is -2.43. The molecule has 1 atom stereocenters. The van der Waals surface area contributed by atoms with Crippen LogP contribution in [0.3, 0.4) is 0 Å². The lowest BCUT2D eigenvalue weighted by molar-refractivity contribution is -0.118. The first-order valence-corrected chi connectivity index (χ1v) is 6.15. The molecule has 1 aromatic rings. The molecule has 0 bridgehead atoms. The Kier molecular flexibility index (Phi) is 5.58. The molecule has 0 aliphatic carbocycles. The Labute approximate surface area is 114 Å². The van der Waals surface area contributed by atoms with Crippen molar-refractivity contribution < 1.29 is 19.1 Å². The Bertz CT molecular complexity index is 425. The van der Waals surface area contributed by atoms with E-state index >= 15 is 0 Å². The molecule has 1 aromatic heterocycles. The molecule has 1 heterocycles. The number of methoxy groups -OCH3 is 1. The van der Waals surface area contributed by atoms with Crippen molar-refractivity contribution in [3.05, 3.63) is 28.6 Å². The number of furan rings is 1. The van der Waals surface area contributed by atoms with Crippen LogP contribution in [0.25, 0.3) is 6.08 Å². The minimum atomic E-state index is -1.08. The van der Waals surface area contributed by atoms with Crippen molar-refractivity contribution in [3.63, 3.8) is 0 Å². The second-order valence-electron chi connectivity index (χ2n) is 4.12. The van der Waals surface area contributed by atoms with Gasteiger partial charge in [0, 0.05) is 19.7 Å². The van der Waals surface area contributed by atoms with E-state index < -0.39 is 5.60 Å². The highest BCUT2D eigenvalue weighted by Gasteiger charge is 2.20. The summed E-state index contributed by atoms with van der Waals surface area (Å²) >= 11 is 3.17. The topological polar surface area (TPSA) is 71.7 Å². The number of rotatable bonds is 6. The number of ether oxygens (including phenoxy) is 1. The number of aliphatic hydroxyl groups is 1. The summed E-state index contributed by atoms with van der Waals surface area (Å²) in [7, 11) is 1.49. The molecule has 6 heteroatoms. The van der Waals surface area contributed by atoms with Gasteiger partial charge in [0.2, 0.25) is 5.91 Å². The van der Waals surface area contributed by atoms with Gasteiger partial charge in [0.25, 0.3) is 0 Å². The molecule has 0 aromatic carbocycles. The third-order valence-corrected chi connectivity index (χ3v) is 2.52. The summed E-state index contributed by atoms with van der Waals surface area (Å²) < 4.78 is 10.6. The Morgan fingerprint density at radius 3 is 2.94 bits per heavy atom. The molecular formula is C12H16BrNO4. The first-order valence-electron chi connectivity index (χ1n) is 5.35. The molecule has 0 aliphatic heterocycles. The smallest absolute Gasteiger partial charge is 0.244 e. The number of amides is 1. The van der Waals surface area contributed by atoms with Gasteiger partial charge in [-0.15, -0.1) is 0 Å². The molecule has 5 nitrogen and oxygen atoms in total. The molecule has 0 aliphatic rings. The third-order valence-electron chi connectivity index (χ3n) is 2.09. The molecule has 0 unspecified atom stereocenters. The predicted octanol–water partition coefficient (Wildman–Crippen LogP) is 1.57. The van der Waals surface area contributed by atoms with Gasteiger partial charge in [-0.1, -0.05) is 0 Å². The second kappa shape index (κ2) is 6.72. The highest BCUT2D eigenvalue weighted by molar-refractivity contribution is 9.10. The summed E-state index contributed by atoms with van der Waals surface area (Å²) in [6.45, 7) is 1.86. The van der Waals surface area contributed by atoms with E-state index in [-0.39, 0.29) is 19.1 Å². The van der Waals surface area contributed by atoms with Gasteiger partial charge in [-0.25, -0.2) is 0 Å². The van der Waals surface area contributed by atoms with Crippen LogP contribution >= 0.6 is 15.9 Å². The van der Waals surface area contributed by atoms with Crippen LogP contribution in [0.15, 0.2) is 27.3 Å². The summed E-state index contributed by atoms with van der Waals surface area (Å²) in [5, 5.41) is 12.3. The van der Waals surface area contributed by atoms with Crippen molar-refractivity contribution in [3.8, 4) is 0 Å². The summed E-state index contributed by atoms with van der Waals surface area (Å²) in [6, 6.07) is 3.47. The van der Waals surface area contributed by atoms with E-state index in [1.54, 1.807) is 25.1 Å². The van der Waals surface area contributed by atoms with E-state index in [4.69, 9.17) is 9.15 Å². The minimum absolute atomic E-state index is 0.117. The molecule has 0 saturated heterocycles. The predicted molar refractivity (Wildman–Crippen MR) is 71.0 cm³/mol. The minimum Gasteiger partial charge on any atom is -0.450 e. The molecule has 0 radical (unpaired) electrons. The Hall–Kier alpha value is -1.11. The fourth-order valence-electron chi connectivity index (χ4n) is 1.27. The van der Waals surface area contributed by atoms with Crippen LogP contribution in [0.1, 0.15) is 12.7 Å². The lowest BCUT2D eigenvalue weighted by Gasteiger charge is -2.21. The zero-order valence-electron chi connectivity index (χ0n) is 10.3.